The van der Waals surface area contributed by atoms with Crippen molar-refractivity contribution >= 4 is 21.8 Å². The Hall–Kier alpha value is -1.04. The Balaban J connectivity index is 2.88. The van der Waals surface area contributed by atoms with E-state index in [-0.39, 0.29) is 11.7 Å². The molecular weight excluding hydrogens is 294 g/mol. The molecule has 1 rings (SSSR count). The zero-order valence-electron chi connectivity index (χ0n) is 9.53. The van der Waals surface area contributed by atoms with E-state index in [9.17, 15) is 13.6 Å². The van der Waals surface area contributed by atoms with Crippen LogP contribution in [0, 0.1) is 0 Å². The van der Waals surface area contributed by atoms with Crippen molar-refractivity contribution in [3.8, 4) is 0 Å². The number of halogens is 3. The Kier molecular flexibility index (Phi) is 4.99. The molecule has 1 aromatic rings. The van der Waals surface area contributed by atoms with Crippen LogP contribution in [0.1, 0.15) is 24.3 Å². The van der Waals surface area contributed by atoms with E-state index in [0.29, 0.717) is 0 Å². The number of hydrogen-bond acceptors (Lipinski definition) is 2. The summed E-state index contributed by atoms with van der Waals surface area (Å²) in [4.78, 5) is 17.0. The van der Waals surface area contributed by atoms with Crippen LogP contribution in [0.4, 0.5) is 8.78 Å². The summed E-state index contributed by atoms with van der Waals surface area (Å²) < 4.78 is 25.5. The highest BCUT2D eigenvalue weighted by molar-refractivity contribution is 9.10. The average Bonchev–Trinajstić information content (AvgIpc) is 2.25. The van der Waals surface area contributed by atoms with Crippen LogP contribution in [0.15, 0.2) is 22.8 Å². The molecular formula is C11H13BrF2N2O. The predicted octanol–water partition coefficient (Wildman–Crippen LogP) is 2.96. The largest absolute Gasteiger partial charge is 0.329 e. The smallest absolute Gasteiger partial charge is 0.272 e. The molecule has 1 heterocycles. The quantitative estimate of drug-likeness (QED) is 0.857. The van der Waals surface area contributed by atoms with Gasteiger partial charge in [0.15, 0.2) is 0 Å². The van der Waals surface area contributed by atoms with Crippen LogP contribution < -0.4 is 0 Å². The van der Waals surface area contributed by atoms with E-state index >= 15 is 0 Å². The normalized spacial score (nSPS) is 11.0. The summed E-state index contributed by atoms with van der Waals surface area (Å²) in [7, 11) is 0. The topological polar surface area (TPSA) is 33.2 Å². The molecule has 1 amide bonds. The molecule has 0 N–H and O–H groups in total. The number of aromatic nitrogens is 1. The van der Waals surface area contributed by atoms with E-state index in [2.05, 4.69) is 20.9 Å². The van der Waals surface area contributed by atoms with Crippen molar-refractivity contribution in [2.45, 2.75) is 26.3 Å². The zero-order valence-corrected chi connectivity index (χ0v) is 11.1. The monoisotopic (exact) mass is 306 g/mol. The van der Waals surface area contributed by atoms with Gasteiger partial charge in [-0.3, -0.25) is 4.79 Å². The van der Waals surface area contributed by atoms with Gasteiger partial charge >= 0.3 is 0 Å². The van der Waals surface area contributed by atoms with Crippen molar-refractivity contribution in [3.63, 3.8) is 0 Å². The highest BCUT2D eigenvalue weighted by Gasteiger charge is 2.22. The minimum Gasteiger partial charge on any atom is -0.329 e. The molecule has 0 saturated carbocycles. The molecule has 0 spiro atoms. The number of alkyl halides is 2. The van der Waals surface area contributed by atoms with Crippen LogP contribution in [-0.2, 0) is 0 Å². The molecule has 0 fully saturated rings. The van der Waals surface area contributed by atoms with E-state index in [1.807, 2.05) is 0 Å². The number of carbonyl (C=O) groups is 1. The fourth-order valence-electron chi connectivity index (χ4n) is 1.33. The third-order valence-electron chi connectivity index (χ3n) is 2.17. The molecule has 94 valence electrons. The van der Waals surface area contributed by atoms with E-state index in [1.54, 1.807) is 19.9 Å². The van der Waals surface area contributed by atoms with Crippen molar-refractivity contribution < 1.29 is 13.6 Å². The average molecular weight is 307 g/mol. The van der Waals surface area contributed by atoms with E-state index in [0.717, 1.165) is 9.37 Å². The Morgan fingerprint density at radius 3 is 2.53 bits per heavy atom. The summed E-state index contributed by atoms with van der Waals surface area (Å²) in [6.07, 6.45) is -1.08. The molecule has 17 heavy (non-hydrogen) atoms. The molecule has 0 aliphatic rings. The van der Waals surface area contributed by atoms with Crippen LogP contribution in [0.3, 0.4) is 0 Å². The third-order valence-corrected chi connectivity index (χ3v) is 2.63. The molecule has 3 nitrogen and oxygen atoms in total. The molecule has 0 unspecified atom stereocenters. The number of hydrogen-bond donors (Lipinski definition) is 0. The molecule has 0 bridgehead atoms. The van der Waals surface area contributed by atoms with Gasteiger partial charge < -0.3 is 4.90 Å². The van der Waals surface area contributed by atoms with Crippen molar-refractivity contribution in [2.75, 3.05) is 6.54 Å². The summed E-state index contributed by atoms with van der Waals surface area (Å²) in [5.41, 5.74) is 0.169. The first-order chi connectivity index (χ1) is 7.91. The molecule has 1 aromatic heterocycles. The molecule has 0 aromatic carbocycles. The fourth-order valence-corrected chi connectivity index (χ4v) is 1.56. The molecule has 0 saturated heterocycles. The van der Waals surface area contributed by atoms with Gasteiger partial charge in [0.05, 0.1) is 6.54 Å². The van der Waals surface area contributed by atoms with Gasteiger partial charge in [0, 0.05) is 16.7 Å². The van der Waals surface area contributed by atoms with Crippen LogP contribution in [0.2, 0.25) is 0 Å². The Bertz CT molecular complexity index is 382. The lowest BCUT2D eigenvalue weighted by Gasteiger charge is -2.25. The Labute approximate surface area is 107 Å². The first-order valence-corrected chi connectivity index (χ1v) is 5.91. The second-order valence-corrected chi connectivity index (χ2v) is 4.72. The van der Waals surface area contributed by atoms with Crippen LogP contribution >= 0.6 is 15.9 Å². The van der Waals surface area contributed by atoms with Gasteiger partial charge in [0.1, 0.15) is 5.69 Å². The van der Waals surface area contributed by atoms with Crippen molar-refractivity contribution in [3.05, 3.63) is 28.5 Å². The molecule has 0 atom stereocenters. The summed E-state index contributed by atoms with van der Waals surface area (Å²) in [6.45, 7) is 2.81. The number of pyridine rings is 1. The van der Waals surface area contributed by atoms with Gasteiger partial charge in [0.25, 0.3) is 12.3 Å². The second kappa shape index (κ2) is 6.05. The lowest BCUT2D eigenvalue weighted by atomic mass is 10.2. The SMILES string of the molecule is CC(C)N(CC(F)F)C(=O)c1ccc(Br)cn1. The van der Waals surface area contributed by atoms with Crippen LogP contribution in [-0.4, -0.2) is 34.8 Å². The molecule has 0 radical (unpaired) electrons. The second-order valence-electron chi connectivity index (χ2n) is 3.80. The predicted molar refractivity (Wildman–Crippen MR) is 64.1 cm³/mol. The van der Waals surface area contributed by atoms with E-state index in [1.165, 1.54) is 12.3 Å². The lowest BCUT2D eigenvalue weighted by Crippen LogP contribution is -2.40. The fraction of sp³-hybridized carbons (Fsp3) is 0.455. The van der Waals surface area contributed by atoms with Crippen molar-refractivity contribution in [2.24, 2.45) is 0 Å². The Morgan fingerprint density at radius 2 is 2.12 bits per heavy atom. The van der Waals surface area contributed by atoms with Crippen molar-refractivity contribution in [1.29, 1.82) is 0 Å². The van der Waals surface area contributed by atoms with Crippen molar-refractivity contribution in [1.82, 2.24) is 9.88 Å². The molecule has 0 aliphatic heterocycles. The Morgan fingerprint density at radius 1 is 1.47 bits per heavy atom. The number of rotatable bonds is 4. The number of nitrogens with zero attached hydrogens (tertiary/aromatic N) is 2. The standard InChI is InChI=1S/C11H13BrF2N2O/c1-7(2)16(6-10(13)14)11(17)9-4-3-8(12)5-15-9/h3-5,7,10H,6H2,1-2H3. The van der Waals surface area contributed by atoms with Crippen LogP contribution in [0.25, 0.3) is 0 Å². The zero-order chi connectivity index (χ0) is 13.0. The summed E-state index contributed by atoms with van der Waals surface area (Å²) >= 11 is 3.19. The number of amides is 1. The minimum atomic E-state index is -2.54. The number of carbonyl (C=O) groups excluding carboxylic acids is 1. The lowest BCUT2D eigenvalue weighted by molar-refractivity contribution is 0.0471. The van der Waals surface area contributed by atoms with Gasteiger partial charge in [0.2, 0.25) is 0 Å². The maximum Gasteiger partial charge on any atom is 0.272 e. The first-order valence-electron chi connectivity index (χ1n) is 5.12. The highest BCUT2D eigenvalue weighted by atomic mass is 79.9. The minimum absolute atomic E-state index is 0.169. The maximum atomic E-state index is 12.4. The van der Waals surface area contributed by atoms with Gasteiger partial charge in [-0.15, -0.1) is 0 Å². The summed E-state index contributed by atoms with van der Waals surface area (Å²) in [6, 6.07) is 2.87. The van der Waals surface area contributed by atoms with Crippen LogP contribution in [0.5, 0.6) is 0 Å². The van der Waals surface area contributed by atoms with Gasteiger partial charge in [-0.25, -0.2) is 13.8 Å². The highest BCUT2D eigenvalue weighted by Crippen LogP contribution is 2.12. The van der Waals surface area contributed by atoms with E-state index < -0.39 is 18.9 Å². The van der Waals surface area contributed by atoms with Gasteiger partial charge in [-0.2, -0.15) is 0 Å². The maximum absolute atomic E-state index is 12.4. The van der Waals surface area contributed by atoms with E-state index in [4.69, 9.17) is 0 Å². The molecule has 6 heteroatoms. The van der Waals surface area contributed by atoms with Gasteiger partial charge in [-0.1, -0.05) is 0 Å². The third kappa shape index (κ3) is 4.03. The summed E-state index contributed by atoms with van der Waals surface area (Å²) in [5.74, 6) is -0.479. The summed E-state index contributed by atoms with van der Waals surface area (Å²) in [5, 5.41) is 0. The molecule has 0 aliphatic carbocycles. The van der Waals surface area contributed by atoms with Gasteiger partial charge in [-0.05, 0) is 41.9 Å². The first kappa shape index (κ1) is 14.0.